The number of nitrogens with zero attached hydrogens (tertiary/aromatic N) is 1. The van der Waals surface area contributed by atoms with Crippen molar-refractivity contribution in [2.75, 3.05) is 14.2 Å². The normalized spacial score (nSPS) is 9.00. The molecule has 1 rings (SSSR count). The fraction of sp³-hybridized carbons (Fsp3) is 0.333. The first-order chi connectivity index (χ1) is 6.27. The molecule has 4 nitrogen and oxygen atoms in total. The van der Waals surface area contributed by atoms with E-state index in [4.69, 9.17) is 4.74 Å². The van der Waals surface area contributed by atoms with Crippen LogP contribution in [0.5, 0.6) is 0 Å². The average Bonchev–Trinajstić information content (AvgIpc) is 2.18. The summed E-state index contributed by atoms with van der Waals surface area (Å²) < 4.78 is 9.41. The highest BCUT2D eigenvalue weighted by molar-refractivity contribution is 5.87. The van der Waals surface area contributed by atoms with Crippen LogP contribution >= 0.6 is 12.4 Å². The smallest absolute Gasteiger partial charge is 0.356 e. The van der Waals surface area contributed by atoms with Gasteiger partial charge in [-0.3, -0.25) is 0 Å². The summed E-state index contributed by atoms with van der Waals surface area (Å²) in [6.45, 7) is 0.394. The Hall–Kier alpha value is -1.13. The lowest BCUT2D eigenvalue weighted by molar-refractivity contribution is 0.0593. The Kier molecular flexibility index (Phi) is 5.83. The molecule has 0 aliphatic carbocycles. The molecule has 0 amide bonds. The largest absolute Gasteiger partial charge is 0.464 e. The molecule has 78 valence electrons. The van der Waals surface area contributed by atoms with E-state index in [9.17, 15) is 4.79 Å². The molecule has 5 heteroatoms. The summed E-state index contributed by atoms with van der Waals surface area (Å²) in [5.41, 5.74) is 1.02. The van der Waals surface area contributed by atoms with E-state index in [2.05, 4.69) is 9.72 Å². The third-order valence-corrected chi connectivity index (χ3v) is 1.49. The molecule has 1 heterocycles. The highest BCUT2D eigenvalue weighted by Gasteiger charge is 2.06. The van der Waals surface area contributed by atoms with Crippen molar-refractivity contribution in [3.63, 3.8) is 0 Å². The van der Waals surface area contributed by atoms with Gasteiger partial charge in [0.05, 0.1) is 19.4 Å². The second kappa shape index (κ2) is 6.34. The van der Waals surface area contributed by atoms with Gasteiger partial charge in [0.2, 0.25) is 0 Å². The van der Waals surface area contributed by atoms with Gasteiger partial charge < -0.3 is 9.47 Å². The second-order valence-corrected chi connectivity index (χ2v) is 2.44. The molecule has 0 spiro atoms. The standard InChI is InChI=1S/C9H11NO3.ClH/c1-12-6-7-4-3-5-8(10-7)9(11)13-2;/h3-5H,6H2,1-2H3;1H. The predicted octanol–water partition coefficient (Wildman–Crippen LogP) is 1.44. The number of esters is 1. The molecule has 14 heavy (non-hydrogen) atoms. The average molecular weight is 218 g/mol. The number of halogens is 1. The van der Waals surface area contributed by atoms with Gasteiger partial charge in [0.1, 0.15) is 5.69 Å². The molecule has 1 aromatic heterocycles. The molecule has 1 aromatic rings. The summed E-state index contributed by atoms with van der Waals surface area (Å²) in [4.78, 5) is 15.1. The van der Waals surface area contributed by atoms with Crippen LogP contribution in [0.4, 0.5) is 0 Å². The lowest BCUT2D eigenvalue weighted by atomic mass is 10.3. The third kappa shape index (κ3) is 3.32. The maximum atomic E-state index is 11.0. The first kappa shape index (κ1) is 12.9. The van der Waals surface area contributed by atoms with E-state index in [1.807, 2.05) is 0 Å². The number of pyridine rings is 1. The predicted molar refractivity (Wildman–Crippen MR) is 53.5 cm³/mol. The molecule has 0 saturated heterocycles. The minimum absolute atomic E-state index is 0. The van der Waals surface area contributed by atoms with Gasteiger partial charge in [-0.15, -0.1) is 12.4 Å². The van der Waals surface area contributed by atoms with Crippen molar-refractivity contribution in [3.8, 4) is 0 Å². The van der Waals surface area contributed by atoms with Crippen LogP contribution in [0.2, 0.25) is 0 Å². The van der Waals surface area contributed by atoms with Crippen LogP contribution in [-0.4, -0.2) is 25.2 Å². The van der Waals surface area contributed by atoms with E-state index in [-0.39, 0.29) is 12.4 Å². The number of carbonyl (C=O) groups is 1. The highest BCUT2D eigenvalue weighted by Crippen LogP contribution is 2.01. The van der Waals surface area contributed by atoms with Gasteiger partial charge in [-0.25, -0.2) is 9.78 Å². The number of rotatable bonds is 3. The lowest BCUT2D eigenvalue weighted by Crippen LogP contribution is -2.05. The lowest BCUT2D eigenvalue weighted by Gasteiger charge is -2.01. The van der Waals surface area contributed by atoms with Crippen LogP contribution in [0.15, 0.2) is 18.2 Å². The van der Waals surface area contributed by atoms with Crippen molar-refractivity contribution in [1.29, 1.82) is 0 Å². The fourth-order valence-electron chi connectivity index (χ4n) is 0.926. The zero-order valence-corrected chi connectivity index (χ0v) is 8.84. The molecule has 0 bridgehead atoms. The number of ether oxygens (including phenoxy) is 2. The summed E-state index contributed by atoms with van der Waals surface area (Å²) in [7, 11) is 2.90. The molecule has 0 aliphatic rings. The summed E-state index contributed by atoms with van der Waals surface area (Å²) in [5.74, 6) is -0.432. The first-order valence-corrected chi connectivity index (χ1v) is 3.81. The molecule has 0 aliphatic heterocycles. The van der Waals surface area contributed by atoms with Crippen molar-refractivity contribution in [2.45, 2.75) is 6.61 Å². The molecule has 0 fully saturated rings. The maximum Gasteiger partial charge on any atom is 0.356 e. The Labute approximate surface area is 88.7 Å². The molecular weight excluding hydrogens is 206 g/mol. The van der Waals surface area contributed by atoms with Crippen LogP contribution < -0.4 is 0 Å². The van der Waals surface area contributed by atoms with Gasteiger partial charge >= 0.3 is 5.97 Å². The SMILES string of the molecule is COCc1cccc(C(=O)OC)n1.Cl. The van der Waals surface area contributed by atoms with Crippen LogP contribution in [0.25, 0.3) is 0 Å². The molecule has 0 aromatic carbocycles. The molecular formula is C9H12ClNO3. The molecule has 0 N–H and O–H groups in total. The number of hydrogen-bond acceptors (Lipinski definition) is 4. The third-order valence-electron chi connectivity index (χ3n) is 1.49. The Balaban J connectivity index is 0.00000169. The minimum atomic E-state index is -0.432. The summed E-state index contributed by atoms with van der Waals surface area (Å²) in [6.07, 6.45) is 0. The van der Waals surface area contributed by atoms with Crippen molar-refractivity contribution in [1.82, 2.24) is 4.98 Å². The van der Waals surface area contributed by atoms with Gasteiger partial charge in [-0.2, -0.15) is 0 Å². The van der Waals surface area contributed by atoms with Crippen LogP contribution in [0.3, 0.4) is 0 Å². The summed E-state index contributed by atoms with van der Waals surface area (Å²) >= 11 is 0. The highest BCUT2D eigenvalue weighted by atomic mass is 35.5. The number of aromatic nitrogens is 1. The molecule has 0 atom stereocenters. The monoisotopic (exact) mass is 217 g/mol. The fourth-order valence-corrected chi connectivity index (χ4v) is 0.926. The number of hydrogen-bond donors (Lipinski definition) is 0. The van der Waals surface area contributed by atoms with Gasteiger partial charge in [0, 0.05) is 7.11 Å². The summed E-state index contributed by atoms with van der Waals surface area (Å²) in [5, 5.41) is 0. The van der Waals surface area contributed by atoms with Gasteiger partial charge in [0.25, 0.3) is 0 Å². The Morgan fingerprint density at radius 2 is 2.14 bits per heavy atom. The number of carbonyl (C=O) groups excluding carboxylic acids is 1. The van der Waals surface area contributed by atoms with E-state index in [0.717, 1.165) is 0 Å². The van der Waals surface area contributed by atoms with Gasteiger partial charge in [-0.05, 0) is 12.1 Å². The molecule has 0 saturated carbocycles. The van der Waals surface area contributed by atoms with E-state index in [0.29, 0.717) is 18.0 Å². The van der Waals surface area contributed by atoms with Crippen LogP contribution in [0, 0.1) is 0 Å². The van der Waals surface area contributed by atoms with Gasteiger partial charge in [-0.1, -0.05) is 6.07 Å². The van der Waals surface area contributed by atoms with Crippen molar-refractivity contribution in [3.05, 3.63) is 29.6 Å². The maximum absolute atomic E-state index is 11.0. The molecule has 0 unspecified atom stereocenters. The van der Waals surface area contributed by atoms with E-state index >= 15 is 0 Å². The Morgan fingerprint density at radius 1 is 1.43 bits per heavy atom. The molecule has 0 radical (unpaired) electrons. The van der Waals surface area contributed by atoms with Crippen molar-refractivity contribution in [2.24, 2.45) is 0 Å². The van der Waals surface area contributed by atoms with E-state index in [1.54, 1.807) is 25.3 Å². The minimum Gasteiger partial charge on any atom is -0.464 e. The topological polar surface area (TPSA) is 48.4 Å². The quantitative estimate of drug-likeness (QED) is 0.719. The summed E-state index contributed by atoms with van der Waals surface area (Å²) in [6, 6.07) is 5.13. The van der Waals surface area contributed by atoms with Crippen LogP contribution in [0.1, 0.15) is 16.2 Å². The van der Waals surface area contributed by atoms with E-state index < -0.39 is 5.97 Å². The Bertz CT molecular complexity index is 304. The van der Waals surface area contributed by atoms with Crippen LogP contribution in [-0.2, 0) is 16.1 Å². The number of methoxy groups -OCH3 is 2. The van der Waals surface area contributed by atoms with Gasteiger partial charge in [0.15, 0.2) is 0 Å². The zero-order valence-electron chi connectivity index (χ0n) is 8.02. The Morgan fingerprint density at radius 3 is 2.71 bits per heavy atom. The zero-order chi connectivity index (χ0) is 9.68. The first-order valence-electron chi connectivity index (χ1n) is 3.81. The van der Waals surface area contributed by atoms with Crippen molar-refractivity contribution < 1.29 is 14.3 Å². The second-order valence-electron chi connectivity index (χ2n) is 2.44. The van der Waals surface area contributed by atoms with E-state index in [1.165, 1.54) is 7.11 Å². The van der Waals surface area contributed by atoms with Crippen molar-refractivity contribution >= 4 is 18.4 Å².